The Morgan fingerprint density at radius 2 is 2.00 bits per heavy atom. The van der Waals surface area contributed by atoms with Gasteiger partial charge < -0.3 is 20.5 Å². The first-order valence-corrected chi connectivity index (χ1v) is 7.28. The number of carbonyl (C=O) groups is 1. The number of nitrogens with zero attached hydrogens (tertiary/aromatic N) is 1. The van der Waals surface area contributed by atoms with Gasteiger partial charge in [-0.15, -0.1) is 0 Å². The van der Waals surface area contributed by atoms with E-state index in [-0.39, 0.29) is 18.6 Å². The predicted octanol–water partition coefficient (Wildman–Crippen LogP) is 0.686. The molecule has 1 unspecified atom stereocenters. The van der Waals surface area contributed by atoms with Gasteiger partial charge in [0.2, 0.25) is 5.91 Å². The second-order valence-corrected chi connectivity index (χ2v) is 6.15. The lowest BCUT2D eigenvalue weighted by atomic mass is 10.0. The van der Waals surface area contributed by atoms with Gasteiger partial charge in [0.25, 0.3) is 0 Å². The van der Waals surface area contributed by atoms with Gasteiger partial charge in [-0.05, 0) is 25.0 Å². The summed E-state index contributed by atoms with van der Waals surface area (Å²) in [6, 6.07) is 7.77. The summed E-state index contributed by atoms with van der Waals surface area (Å²) in [6.07, 6.45) is 0.0522. The number of aliphatic hydroxyl groups excluding tert-OH is 1. The smallest absolute Gasteiger partial charge is 0.227 e. The molecule has 0 saturated carbocycles. The molecule has 0 bridgehead atoms. The van der Waals surface area contributed by atoms with Crippen LogP contribution in [-0.2, 0) is 22.5 Å². The van der Waals surface area contributed by atoms with Crippen molar-refractivity contribution < 1.29 is 14.6 Å². The van der Waals surface area contributed by atoms with Crippen molar-refractivity contribution in [3.8, 4) is 0 Å². The van der Waals surface area contributed by atoms with E-state index in [4.69, 9.17) is 10.5 Å². The van der Waals surface area contributed by atoms with Crippen molar-refractivity contribution in [2.45, 2.75) is 38.5 Å². The van der Waals surface area contributed by atoms with Crippen molar-refractivity contribution in [3.63, 3.8) is 0 Å². The molecule has 0 spiro atoms. The molecular weight excluding hydrogens is 268 g/mol. The maximum Gasteiger partial charge on any atom is 0.227 e. The van der Waals surface area contributed by atoms with Gasteiger partial charge in [0.15, 0.2) is 0 Å². The molecule has 1 aromatic rings. The van der Waals surface area contributed by atoms with Crippen LogP contribution in [0.2, 0.25) is 0 Å². The summed E-state index contributed by atoms with van der Waals surface area (Å²) in [6.45, 7) is 5.29. The van der Waals surface area contributed by atoms with E-state index in [1.807, 2.05) is 38.1 Å². The van der Waals surface area contributed by atoms with E-state index in [2.05, 4.69) is 0 Å². The zero-order valence-corrected chi connectivity index (χ0v) is 12.7. The molecule has 5 nitrogen and oxygen atoms in total. The maximum absolute atomic E-state index is 12.4. The molecule has 5 heteroatoms. The van der Waals surface area contributed by atoms with E-state index in [1.54, 1.807) is 4.90 Å². The molecule has 116 valence electrons. The Morgan fingerprint density at radius 1 is 1.38 bits per heavy atom. The molecule has 3 N–H and O–H groups in total. The first kappa shape index (κ1) is 15.9. The molecule has 2 rings (SSSR count). The van der Waals surface area contributed by atoms with Crippen molar-refractivity contribution in [2.24, 2.45) is 5.73 Å². The number of rotatable bonds is 4. The Hall–Kier alpha value is -1.43. The third-order valence-electron chi connectivity index (χ3n) is 3.65. The Morgan fingerprint density at radius 3 is 2.57 bits per heavy atom. The van der Waals surface area contributed by atoms with Crippen molar-refractivity contribution in [2.75, 3.05) is 19.7 Å². The lowest BCUT2D eigenvalue weighted by Crippen LogP contribution is -2.55. The fraction of sp³-hybridized carbons (Fsp3) is 0.562. The van der Waals surface area contributed by atoms with E-state index in [1.165, 1.54) is 0 Å². The molecule has 0 aliphatic carbocycles. The summed E-state index contributed by atoms with van der Waals surface area (Å²) in [5.74, 6) is 0.0605. The topological polar surface area (TPSA) is 75.8 Å². The van der Waals surface area contributed by atoms with E-state index in [0.29, 0.717) is 26.1 Å². The molecule has 1 fully saturated rings. The van der Waals surface area contributed by atoms with Crippen molar-refractivity contribution >= 4 is 5.91 Å². The SMILES string of the molecule is CC1(C)CN(C(=O)Cc2ccc(CN)cc2)CC(CO)O1. The van der Waals surface area contributed by atoms with Gasteiger partial charge in [0, 0.05) is 19.6 Å². The molecule has 0 radical (unpaired) electrons. The first-order valence-electron chi connectivity index (χ1n) is 7.28. The average Bonchev–Trinajstić information content (AvgIpc) is 2.46. The van der Waals surface area contributed by atoms with Crippen LogP contribution in [0.3, 0.4) is 0 Å². The number of nitrogens with two attached hydrogens (primary N) is 1. The highest BCUT2D eigenvalue weighted by atomic mass is 16.5. The minimum absolute atomic E-state index is 0.0605. The van der Waals surface area contributed by atoms with Crippen LogP contribution in [0.4, 0.5) is 0 Å². The fourth-order valence-electron chi connectivity index (χ4n) is 2.66. The van der Waals surface area contributed by atoms with Crippen molar-refractivity contribution in [1.82, 2.24) is 4.90 Å². The number of hydrogen-bond donors (Lipinski definition) is 2. The molecule has 1 aliphatic rings. The van der Waals surface area contributed by atoms with Crippen molar-refractivity contribution in [1.29, 1.82) is 0 Å². The number of ether oxygens (including phenoxy) is 1. The summed E-state index contributed by atoms with van der Waals surface area (Å²) >= 11 is 0. The highest BCUT2D eigenvalue weighted by molar-refractivity contribution is 5.79. The normalized spacial score (nSPS) is 21.3. The van der Waals surface area contributed by atoms with Crippen LogP contribution in [0.1, 0.15) is 25.0 Å². The average molecular weight is 292 g/mol. The van der Waals surface area contributed by atoms with E-state index in [9.17, 15) is 9.90 Å². The van der Waals surface area contributed by atoms with E-state index in [0.717, 1.165) is 11.1 Å². The quantitative estimate of drug-likeness (QED) is 0.856. The monoisotopic (exact) mass is 292 g/mol. The number of amides is 1. The summed E-state index contributed by atoms with van der Waals surface area (Å²) in [5.41, 5.74) is 7.17. The van der Waals surface area contributed by atoms with Crippen molar-refractivity contribution in [3.05, 3.63) is 35.4 Å². The lowest BCUT2D eigenvalue weighted by Gasteiger charge is -2.42. The van der Waals surface area contributed by atoms with Crippen LogP contribution in [-0.4, -0.2) is 47.3 Å². The molecule has 1 aliphatic heterocycles. The standard InChI is InChI=1S/C16H24N2O3/c1-16(2)11-18(9-14(10-19)21-16)15(20)7-12-3-5-13(8-17)6-4-12/h3-6,14,19H,7-11,17H2,1-2H3. The van der Waals surface area contributed by atoms with Gasteiger partial charge in [0.05, 0.1) is 24.7 Å². The van der Waals surface area contributed by atoms with Crippen LogP contribution >= 0.6 is 0 Å². The fourth-order valence-corrected chi connectivity index (χ4v) is 2.66. The van der Waals surface area contributed by atoms with Gasteiger partial charge in [-0.25, -0.2) is 0 Å². The molecule has 21 heavy (non-hydrogen) atoms. The first-order chi connectivity index (χ1) is 9.93. The second-order valence-electron chi connectivity index (χ2n) is 6.15. The van der Waals surface area contributed by atoms with Crippen LogP contribution in [0.5, 0.6) is 0 Å². The molecule has 1 heterocycles. The molecule has 1 atom stereocenters. The molecular formula is C16H24N2O3. The van der Waals surface area contributed by atoms with Gasteiger partial charge in [0.1, 0.15) is 0 Å². The maximum atomic E-state index is 12.4. The van der Waals surface area contributed by atoms with E-state index < -0.39 is 5.60 Å². The largest absolute Gasteiger partial charge is 0.394 e. The molecule has 1 amide bonds. The minimum atomic E-state index is -0.426. The second kappa shape index (κ2) is 6.56. The highest BCUT2D eigenvalue weighted by Gasteiger charge is 2.35. The zero-order chi connectivity index (χ0) is 15.5. The Bertz CT molecular complexity index is 485. The summed E-state index contributed by atoms with van der Waals surface area (Å²) in [5, 5.41) is 9.30. The Labute approximate surface area is 125 Å². The highest BCUT2D eigenvalue weighted by Crippen LogP contribution is 2.21. The number of morpholine rings is 1. The van der Waals surface area contributed by atoms with Crippen LogP contribution in [0.25, 0.3) is 0 Å². The van der Waals surface area contributed by atoms with E-state index >= 15 is 0 Å². The number of benzene rings is 1. The van der Waals surface area contributed by atoms with Gasteiger partial charge in [-0.1, -0.05) is 24.3 Å². The summed E-state index contributed by atoms with van der Waals surface area (Å²) in [7, 11) is 0. The third kappa shape index (κ3) is 4.27. The molecule has 0 aromatic heterocycles. The van der Waals surface area contributed by atoms with Gasteiger partial charge >= 0.3 is 0 Å². The third-order valence-corrected chi connectivity index (χ3v) is 3.65. The van der Waals surface area contributed by atoms with Crippen LogP contribution < -0.4 is 5.73 Å². The number of carbonyl (C=O) groups excluding carboxylic acids is 1. The molecule has 1 aromatic carbocycles. The van der Waals surface area contributed by atoms with Crippen LogP contribution in [0.15, 0.2) is 24.3 Å². The molecule has 1 saturated heterocycles. The predicted molar refractivity (Wildman–Crippen MR) is 80.7 cm³/mol. The summed E-state index contributed by atoms with van der Waals surface area (Å²) in [4.78, 5) is 14.2. The lowest BCUT2D eigenvalue weighted by molar-refractivity contribution is -0.166. The number of aliphatic hydroxyl groups is 1. The Balaban J connectivity index is 2.01. The zero-order valence-electron chi connectivity index (χ0n) is 12.7. The minimum Gasteiger partial charge on any atom is -0.394 e. The summed E-state index contributed by atoms with van der Waals surface area (Å²) < 4.78 is 5.73. The van der Waals surface area contributed by atoms with Crippen LogP contribution in [0, 0.1) is 0 Å². The number of hydrogen-bond acceptors (Lipinski definition) is 4. The Kier molecular flexibility index (Phi) is 4.98. The van der Waals surface area contributed by atoms with Gasteiger partial charge in [-0.2, -0.15) is 0 Å². The van der Waals surface area contributed by atoms with Gasteiger partial charge in [-0.3, -0.25) is 4.79 Å².